The highest BCUT2D eigenvalue weighted by Crippen LogP contribution is 2.24. The number of rotatable bonds is 6. The minimum atomic E-state index is -4.07. The van der Waals surface area contributed by atoms with Crippen LogP contribution in [0.3, 0.4) is 0 Å². The van der Waals surface area contributed by atoms with Gasteiger partial charge in [-0.05, 0) is 29.2 Å². The molecule has 2 rings (SSSR count). The summed E-state index contributed by atoms with van der Waals surface area (Å²) >= 11 is 0. The first-order valence-electron chi connectivity index (χ1n) is 8.77. The summed E-state index contributed by atoms with van der Waals surface area (Å²) in [6.07, 6.45) is 0. The van der Waals surface area contributed by atoms with Gasteiger partial charge in [0.1, 0.15) is 18.4 Å². The number of carbonyl (C=O) groups excluding carboxylic acids is 2. The number of primary sulfonamides is 1. The summed E-state index contributed by atoms with van der Waals surface area (Å²) in [6.45, 7) is 5.25. The molecule has 4 N–H and O–H groups in total. The van der Waals surface area contributed by atoms with Gasteiger partial charge in [0.2, 0.25) is 10.0 Å². The van der Waals surface area contributed by atoms with Gasteiger partial charge in [-0.2, -0.15) is 0 Å². The minimum absolute atomic E-state index is 0.0360. The lowest BCUT2D eigenvalue weighted by Crippen LogP contribution is -2.49. The topological polar surface area (TPSA) is 136 Å². The summed E-state index contributed by atoms with van der Waals surface area (Å²) in [5, 5.41) is 17.6. The summed E-state index contributed by atoms with van der Waals surface area (Å²) in [5.41, 5.74) is -0.240. The number of nitrogens with one attached hydrogen (secondary N) is 1. The molecule has 0 aromatic heterocycles. The fraction of sp³-hybridized carbons (Fsp3) is 0.300. The van der Waals surface area contributed by atoms with Gasteiger partial charge >= 0.3 is 5.97 Å². The van der Waals surface area contributed by atoms with Crippen LogP contribution in [0, 0.1) is 5.41 Å². The van der Waals surface area contributed by atoms with Gasteiger partial charge in [0.05, 0.1) is 10.5 Å². The van der Waals surface area contributed by atoms with E-state index in [2.05, 4.69) is 5.32 Å². The largest absolute Gasteiger partial charge is 0.507 e. The molecule has 0 unspecified atom stereocenters. The van der Waals surface area contributed by atoms with Crippen molar-refractivity contribution in [2.45, 2.75) is 38.3 Å². The number of phenols is 1. The lowest BCUT2D eigenvalue weighted by molar-refractivity contribution is -0.150. The third kappa shape index (κ3) is 6.03. The highest BCUT2D eigenvalue weighted by Gasteiger charge is 2.35. The van der Waals surface area contributed by atoms with Gasteiger partial charge in [-0.1, -0.05) is 51.1 Å². The third-order valence-electron chi connectivity index (χ3n) is 4.14. The van der Waals surface area contributed by atoms with Crippen molar-refractivity contribution >= 4 is 21.9 Å². The Morgan fingerprint density at radius 1 is 1.14 bits per heavy atom. The molecule has 2 aromatic rings. The van der Waals surface area contributed by atoms with Gasteiger partial charge in [-0.3, -0.25) is 4.79 Å². The number of phenolic OH excluding ortho intramolecular Hbond substituents is 1. The van der Waals surface area contributed by atoms with Crippen molar-refractivity contribution in [1.29, 1.82) is 0 Å². The van der Waals surface area contributed by atoms with E-state index in [1.54, 1.807) is 32.9 Å². The predicted molar refractivity (Wildman–Crippen MR) is 106 cm³/mol. The van der Waals surface area contributed by atoms with Crippen LogP contribution in [0.2, 0.25) is 0 Å². The van der Waals surface area contributed by atoms with Crippen LogP contribution in [0.15, 0.2) is 53.4 Å². The third-order valence-corrected chi connectivity index (χ3v) is 5.05. The van der Waals surface area contributed by atoms with Crippen molar-refractivity contribution in [2.24, 2.45) is 10.6 Å². The number of aromatic hydroxyl groups is 1. The first-order chi connectivity index (χ1) is 13.4. The predicted octanol–water partition coefficient (Wildman–Crippen LogP) is 1.93. The van der Waals surface area contributed by atoms with Gasteiger partial charge < -0.3 is 15.2 Å². The van der Waals surface area contributed by atoms with Crippen molar-refractivity contribution in [1.82, 2.24) is 5.32 Å². The first-order valence-corrected chi connectivity index (χ1v) is 10.3. The summed E-state index contributed by atoms with van der Waals surface area (Å²) < 4.78 is 28.4. The Kier molecular flexibility index (Phi) is 6.66. The molecule has 8 nitrogen and oxygen atoms in total. The average molecular weight is 420 g/mol. The lowest BCUT2D eigenvalue weighted by Gasteiger charge is -2.29. The molecule has 0 fully saturated rings. The lowest BCUT2D eigenvalue weighted by atomic mass is 9.86. The van der Waals surface area contributed by atoms with Gasteiger partial charge in [0.15, 0.2) is 0 Å². The molecule has 0 aliphatic heterocycles. The number of hydrogen-bond acceptors (Lipinski definition) is 6. The molecule has 2 aromatic carbocycles. The number of sulfonamides is 1. The monoisotopic (exact) mass is 420 g/mol. The van der Waals surface area contributed by atoms with Crippen LogP contribution in [0.25, 0.3) is 0 Å². The van der Waals surface area contributed by atoms with Crippen LogP contribution in [0.4, 0.5) is 0 Å². The highest BCUT2D eigenvalue weighted by atomic mass is 32.2. The number of hydrogen-bond donors (Lipinski definition) is 3. The molecule has 0 saturated carbocycles. The van der Waals surface area contributed by atoms with E-state index in [0.717, 1.165) is 23.8 Å². The molecule has 1 amide bonds. The quantitative estimate of drug-likeness (QED) is 0.611. The molecule has 156 valence electrons. The molecule has 0 aliphatic rings. The van der Waals surface area contributed by atoms with E-state index < -0.39 is 39.1 Å². The van der Waals surface area contributed by atoms with Gasteiger partial charge in [0, 0.05) is 0 Å². The summed E-state index contributed by atoms with van der Waals surface area (Å²) in [5.74, 6) is -1.93. The normalized spacial score (nSPS) is 12.8. The van der Waals surface area contributed by atoms with Gasteiger partial charge in [0.25, 0.3) is 5.91 Å². The second-order valence-corrected chi connectivity index (χ2v) is 9.15. The second-order valence-electron chi connectivity index (χ2n) is 7.59. The molecule has 1 atom stereocenters. The van der Waals surface area contributed by atoms with Gasteiger partial charge in [-0.25, -0.2) is 18.4 Å². The molecular weight excluding hydrogens is 396 g/mol. The van der Waals surface area contributed by atoms with Crippen molar-refractivity contribution in [3.8, 4) is 5.75 Å². The van der Waals surface area contributed by atoms with E-state index in [1.807, 2.05) is 18.2 Å². The molecule has 0 bridgehead atoms. The summed E-state index contributed by atoms with van der Waals surface area (Å²) in [4.78, 5) is 25.0. The maximum absolute atomic E-state index is 12.7. The number of amides is 1. The Morgan fingerprint density at radius 3 is 2.31 bits per heavy atom. The zero-order valence-corrected chi connectivity index (χ0v) is 17.2. The molecule has 0 spiro atoms. The molecule has 0 radical (unpaired) electrons. The van der Waals surface area contributed by atoms with E-state index in [-0.39, 0.29) is 17.1 Å². The number of ether oxygens (including phenoxy) is 1. The van der Waals surface area contributed by atoms with Crippen molar-refractivity contribution < 1.29 is 27.9 Å². The average Bonchev–Trinajstić information content (AvgIpc) is 2.63. The minimum Gasteiger partial charge on any atom is -0.507 e. The Bertz CT molecular complexity index is 997. The number of benzene rings is 2. The molecule has 0 heterocycles. The Morgan fingerprint density at radius 2 is 1.76 bits per heavy atom. The Balaban J connectivity index is 2.22. The Labute approximate surface area is 169 Å². The number of nitrogens with two attached hydrogens (primary N) is 1. The van der Waals surface area contributed by atoms with E-state index >= 15 is 0 Å². The highest BCUT2D eigenvalue weighted by molar-refractivity contribution is 7.89. The standard InChI is InChI=1S/C20H24N2O6S/c1-20(2,3)17(19(25)28-12-13-7-5-4-6-8-13)22-18(24)15-11-14(29(21,26)27)9-10-16(15)23/h4-11,17,23H,12H2,1-3H3,(H,22,24)(H2,21,26,27)/t17-/m1/s1. The van der Waals surface area contributed by atoms with E-state index in [1.165, 1.54) is 0 Å². The molecular formula is C20H24N2O6S. The van der Waals surface area contributed by atoms with Crippen LogP contribution in [0.1, 0.15) is 36.7 Å². The fourth-order valence-electron chi connectivity index (χ4n) is 2.52. The van der Waals surface area contributed by atoms with Gasteiger partial charge in [-0.15, -0.1) is 0 Å². The molecule has 0 aliphatic carbocycles. The summed E-state index contributed by atoms with van der Waals surface area (Å²) in [6, 6.07) is 11.1. The van der Waals surface area contributed by atoms with Crippen LogP contribution >= 0.6 is 0 Å². The van der Waals surface area contributed by atoms with Crippen molar-refractivity contribution in [3.05, 3.63) is 59.7 Å². The molecule has 9 heteroatoms. The van der Waals surface area contributed by atoms with Crippen LogP contribution in [-0.2, 0) is 26.2 Å². The maximum atomic E-state index is 12.7. The smallest absolute Gasteiger partial charge is 0.329 e. The molecule has 29 heavy (non-hydrogen) atoms. The Hall–Kier alpha value is -2.91. The zero-order valence-electron chi connectivity index (χ0n) is 16.4. The van der Waals surface area contributed by atoms with Crippen molar-refractivity contribution in [3.63, 3.8) is 0 Å². The fourth-order valence-corrected chi connectivity index (χ4v) is 3.06. The summed E-state index contributed by atoms with van der Waals surface area (Å²) in [7, 11) is -4.07. The van der Waals surface area contributed by atoms with Crippen molar-refractivity contribution in [2.75, 3.05) is 0 Å². The number of carbonyl (C=O) groups is 2. The SMILES string of the molecule is CC(C)(C)[C@H](NC(=O)c1cc(S(N)(=O)=O)ccc1O)C(=O)OCc1ccccc1. The van der Waals surface area contributed by atoms with Crippen LogP contribution in [0.5, 0.6) is 5.75 Å². The maximum Gasteiger partial charge on any atom is 0.329 e. The van der Waals surface area contributed by atoms with Crippen LogP contribution in [-0.4, -0.2) is 31.4 Å². The second kappa shape index (κ2) is 8.62. The first kappa shape index (κ1) is 22.4. The van der Waals surface area contributed by atoms with Crippen LogP contribution < -0.4 is 10.5 Å². The van der Waals surface area contributed by atoms with E-state index in [4.69, 9.17) is 9.88 Å². The van der Waals surface area contributed by atoms with E-state index in [0.29, 0.717) is 0 Å². The zero-order chi connectivity index (χ0) is 21.8. The van der Waals surface area contributed by atoms with E-state index in [9.17, 15) is 23.1 Å². The number of esters is 1. The molecule has 0 saturated heterocycles.